The van der Waals surface area contributed by atoms with E-state index in [1.165, 1.54) is 58.0 Å². The molecule has 0 aromatic carbocycles. The van der Waals surface area contributed by atoms with Crippen LogP contribution in [0.15, 0.2) is 0 Å². The van der Waals surface area contributed by atoms with Gasteiger partial charge < -0.3 is 4.90 Å². The van der Waals surface area contributed by atoms with Crippen molar-refractivity contribution in [3.63, 3.8) is 0 Å². The number of aromatic nitrogens is 4. The molecule has 5 heteroatoms. The quantitative estimate of drug-likeness (QED) is 0.909. The molecule has 20 heavy (non-hydrogen) atoms. The first-order chi connectivity index (χ1) is 9.77. The lowest BCUT2D eigenvalue weighted by molar-refractivity contribution is -0.940. The third kappa shape index (κ3) is 2.73. The average Bonchev–Trinajstić information content (AvgIpc) is 3.09. The van der Waals surface area contributed by atoms with Crippen LogP contribution in [0, 0.1) is 5.92 Å². The number of piperidine rings is 1. The zero-order valence-electron chi connectivity index (χ0n) is 12.9. The Bertz CT molecular complexity index is 416. The third-order valence-electron chi connectivity index (χ3n) is 5.07. The zero-order chi connectivity index (χ0) is 13.9. The Morgan fingerprint density at radius 2 is 1.75 bits per heavy atom. The molecule has 2 heterocycles. The van der Waals surface area contributed by atoms with E-state index in [0.717, 1.165) is 5.82 Å². The van der Waals surface area contributed by atoms with Crippen molar-refractivity contribution in [2.75, 3.05) is 13.1 Å². The van der Waals surface area contributed by atoms with Crippen molar-refractivity contribution < 1.29 is 4.90 Å². The Balaban J connectivity index is 1.85. The second-order valence-corrected chi connectivity index (χ2v) is 6.86. The van der Waals surface area contributed by atoms with E-state index < -0.39 is 0 Å². The monoisotopic (exact) mass is 278 g/mol. The lowest BCUT2D eigenvalue weighted by Crippen LogP contribution is -3.13. The molecule has 2 fully saturated rings. The Hall–Kier alpha value is -0.970. The van der Waals surface area contributed by atoms with E-state index in [0.29, 0.717) is 18.0 Å². The molecule has 1 N–H and O–H groups in total. The summed E-state index contributed by atoms with van der Waals surface area (Å²) in [5.74, 6) is 1.73. The van der Waals surface area contributed by atoms with Gasteiger partial charge in [-0.15, -0.1) is 5.10 Å². The molecule has 5 nitrogen and oxygen atoms in total. The summed E-state index contributed by atoms with van der Waals surface area (Å²) in [4.78, 5) is 1.69. The molecule has 1 aliphatic heterocycles. The van der Waals surface area contributed by atoms with E-state index in [1.54, 1.807) is 4.90 Å². The van der Waals surface area contributed by atoms with Gasteiger partial charge in [-0.3, -0.25) is 0 Å². The SMILES string of the molecule is CC(C)[C@@H](c1nnnn1C1CCCC1)[NH+]1CCCCC1. The summed E-state index contributed by atoms with van der Waals surface area (Å²) in [5.41, 5.74) is 0. The highest BCUT2D eigenvalue weighted by Gasteiger charge is 2.35. The van der Waals surface area contributed by atoms with Crippen LogP contribution >= 0.6 is 0 Å². The Kier molecular flexibility index (Phi) is 4.34. The Morgan fingerprint density at radius 1 is 1.05 bits per heavy atom. The molecule has 1 aromatic heterocycles. The predicted octanol–water partition coefficient (Wildman–Crippen LogP) is 1.55. The van der Waals surface area contributed by atoms with Crippen LogP contribution in [0.4, 0.5) is 0 Å². The van der Waals surface area contributed by atoms with Crippen molar-refractivity contribution in [1.29, 1.82) is 0 Å². The van der Waals surface area contributed by atoms with Crippen LogP contribution in [0.2, 0.25) is 0 Å². The summed E-state index contributed by atoms with van der Waals surface area (Å²) in [6.45, 7) is 7.20. The number of nitrogens with zero attached hydrogens (tertiary/aromatic N) is 4. The molecular weight excluding hydrogens is 250 g/mol. The molecular formula is C15H28N5+. The van der Waals surface area contributed by atoms with Gasteiger partial charge in [0, 0.05) is 5.92 Å². The number of quaternary nitrogens is 1. The van der Waals surface area contributed by atoms with Crippen LogP contribution in [0.5, 0.6) is 0 Å². The van der Waals surface area contributed by atoms with Gasteiger partial charge in [-0.05, 0) is 42.5 Å². The molecule has 1 aliphatic carbocycles. The standard InChI is InChI=1S/C15H27N5/c1-12(2)14(19-10-6-3-7-11-19)15-16-17-18-20(15)13-8-4-5-9-13/h12-14H,3-11H2,1-2H3/p+1/t14-/m0/s1. The third-order valence-corrected chi connectivity index (χ3v) is 5.07. The van der Waals surface area contributed by atoms with Gasteiger partial charge in [0.1, 0.15) is 0 Å². The van der Waals surface area contributed by atoms with Crippen molar-refractivity contribution in [3.05, 3.63) is 5.82 Å². The van der Waals surface area contributed by atoms with Gasteiger partial charge >= 0.3 is 0 Å². The van der Waals surface area contributed by atoms with Gasteiger partial charge in [0.05, 0.1) is 19.1 Å². The maximum absolute atomic E-state index is 4.44. The number of hydrogen-bond acceptors (Lipinski definition) is 3. The van der Waals surface area contributed by atoms with Crippen LogP contribution < -0.4 is 4.90 Å². The predicted molar refractivity (Wildman–Crippen MR) is 77.4 cm³/mol. The van der Waals surface area contributed by atoms with E-state index in [2.05, 4.69) is 34.1 Å². The number of tetrazole rings is 1. The molecule has 0 radical (unpaired) electrons. The summed E-state index contributed by atoms with van der Waals surface area (Å²) < 4.78 is 2.17. The minimum Gasteiger partial charge on any atom is -0.326 e. The van der Waals surface area contributed by atoms with Crippen LogP contribution in [-0.2, 0) is 0 Å². The van der Waals surface area contributed by atoms with Crippen molar-refractivity contribution >= 4 is 0 Å². The molecule has 0 unspecified atom stereocenters. The number of likely N-dealkylation sites (tertiary alicyclic amines) is 1. The van der Waals surface area contributed by atoms with Gasteiger partial charge in [0.2, 0.25) is 5.82 Å². The highest BCUT2D eigenvalue weighted by Crippen LogP contribution is 2.31. The maximum atomic E-state index is 4.44. The molecule has 0 bridgehead atoms. The van der Waals surface area contributed by atoms with E-state index in [4.69, 9.17) is 0 Å². The normalized spacial score (nSPS) is 23.6. The first-order valence-electron chi connectivity index (χ1n) is 8.39. The van der Waals surface area contributed by atoms with Gasteiger partial charge in [0.25, 0.3) is 0 Å². The molecule has 112 valence electrons. The molecule has 1 saturated carbocycles. The second-order valence-electron chi connectivity index (χ2n) is 6.86. The Morgan fingerprint density at radius 3 is 2.40 bits per heavy atom. The van der Waals surface area contributed by atoms with Gasteiger partial charge in [-0.1, -0.05) is 26.7 Å². The van der Waals surface area contributed by atoms with Crippen LogP contribution in [-0.4, -0.2) is 33.3 Å². The van der Waals surface area contributed by atoms with Gasteiger partial charge in [0.15, 0.2) is 6.04 Å². The first-order valence-corrected chi connectivity index (χ1v) is 8.39. The average molecular weight is 278 g/mol. The summed E-state index contributed by atoms with van der Waals surface area (Å²) in [5, 5.41) is 12.8. The second kappa shape index (κ2) is 6.20. The smallest absolute Gasteiger partial charge is 0.209 e. The number of rotatable bonds is 4. The summed E-state index contributed by atoms with van der Waals surface area (Å²) in [6.07, 6.45) is 9.24. The number of nitrogens with one attached hydrogen (secondary N) is 1. The van der Waals surface area contributed by atoms with Crippen molar-refractivity contribution in [2.24, 2.45) is 5.92 Å². The van der Waals surface area contributed by atoms with Gasteiger partial charge in [-0.25, -0.2) is 4.68 Å². The minimum absolute atomic E-state index is 0.464. The first kappa shape index (κ1) is 14.0. The van der Waals surface area contributed by atoms with Crippen LogP contribution in [0.25, 0.3) is 0 Å². The molecule has 3 rings (SSSR count). The molecule has 1 aromatic rings. The molecule has 0 amide bonds. The zero-order valence-corrected chi connectivity index (χ0v) is 12.9. The highest BCUT2D eigenvalue weighted by atomic mass is 15.6. The minimum atomic E-state index is 0.464. The van der Waals surface area contributed by atoms with E-state index in [-0.39, 0.29) is 0 Å². The Labute approximate surface area is 121 Å². The van der Waals surface area contributed by atoms with Gasteiger partial charge in [-0.2, -0.15) is 0 Å². The van der Waals surface area contributed by atoms with E-state index in [1.807, 2.05) is 0 Å². The van der Waals surface area contributed by atoms with Crippen molar-refractivity contribution in [2.45, 2.75) is 70.9 Å². The van der Waals surface area contributed by atoms with Crippen LogP contribution in [0.3, 0.4) is 0 Å². The van der Waals surface area contributed by atoms with Crippen LogP contribution in [0.1, 0.15) is 76.7 Å². The van der Waals surface area contributed by atoms with E-state index >= 15 is 0 Å². The van der Waals surface area contributed by atoms with Crippen molar-refractivity contribution in [3.8, 4) is 0 Å². The molecule has 1 atom stereocenters. The fourth-order valence-corrected chi connectivity index (χ4v) is 4.08. The fraction of sp³-hybridized carbons (Fsp3) is 0.933. The summed E-state index contributed by atoms with van der Waals surface area (Å²) >= 11 is 0. The largest absolute Gasteiger partial charge is 0.326 e. The highest BCUT2D eigenvalue weighted by molar-refractivity contribution is 4.93. The summed E-state index contributed by atoms with van der Waals surface area (Å²) in [7, 11) is 0. The summed E-state index contributed by atoms with van der Waals surface area (Å²) in [6, 6.07) is 1.01. The molecule has 0 spiro atoms. The topological polar surface area (TPSA) is 48.0 Å². The fourth-order valence-electron chi connectivity index (χ4n) is 4.08. The molecule has 1 saturated heterocycles. The van der Waals surface area contributed by atoms with E-state index in [9.17, 15) is 0 Å². The van der Waals surface area contributed by atoms with Crippen molar-refractivity contribution in [1.82, 2.24) is 20.2 Å². The lowest BCUT2D eigenvalue weighted by atomic mass is 9.98. The number of hydrogen-bond donors (Lipinski definition) is 1. The maximum Gasteiger partial charge on any atom is 0.209 e. The molecule has 2 aliphatic rings. The lowest BCUT2D eigenvalue weighted by Gasteiger charge is -2.33.